The van der Waals surface area contributed by atoms with Gasteiger partial charge in [-0.25, -0.2) is 28.3 Å². The molecule has 1 amide bonds. The van der Waals surface area contributed by atoms with Gasteiger partial charge >= 0.3 is 12.1 Å². The third-order valence-electron chi connectivity index (χ3n) is 6.41. The number of nitrogens with one attached hydrogen (secondary N) is 1. The Morgan fingerprint density at radius 1 is 1.31 bits per heavy atom. The maximum Gasteiger partial charge on any atom is 0.407 e. The first kappa shape index (κ1) is 25.7. The summed E-state index contributed by atoms with van der Waals surface area (Å²) in [6, 6.07) is 2.20. The molecule has 8 nitrogen and oxygen atoms in total. The number of aromatic nitrogens is 1. The number of amidine groups is 1. The number of thiazole rings is 1. The minimum Gasteiger partial charge on any atom is -0.463 e. The van der Waals surface area contributed by atoms with Crippen molar-refractivity contribution in [3.63, 3.8) is 0 Å². The molecule has 3 heterocycles. The molecule has 11 heteroatoms. The Kier molecular flexibility index (Phi) is 7.39. The van der Waals surface area contributed by atoms with Crippen molar-refractivity contribution in [3.8, 4) is 0 Å². The number of ether oxygens (including phenoxy) is 2. The quantitative estimate of drug-likeness (QED) is 0.607. The second kappa shape index (κ2) is 10.3. The van der Waals surface area contributed by atoms with Crippen molar-refractivity contribution < 1.29 is 27.8 Å². The number of carbonyl (C=O) groups excluding carboxylic acids is 2. The van der Waals surface area contributed by atoms with E-state index >= 15 is 0 Å². The van der Waals surface area contributed by atoms with Gasteiger partial charge in [-0.05, 0) is 37.0 Å². The number of halogens is 2. The minimum absolute atomic E-state index is 0.142. The maximum atomic E-state index is 14.8. The van der Waals surface area contributed by atoms with Crippen molar-refractivity contribution in [3.05, 3.63) is 62.7 Å². The van der Waals surface area contributed by atoms with E-state index in [9.17, 15) is 18.4 Å². The minimum atomic E-state index is -1.25. The zero-order chi connectivity index (χ0) is 26.0. The van der Waals surface area contributed by atoms with Gasteiger partial charge in [0.2, 0.25) is 0 Å². The van der Waals surface area contributed by atoms with E-state index in [0.29, 0.717) is 35.1 Å². The molecule has 0 radical (unpaired) electrons. The number of amides is 1. The lowest BCUT2D eigenvalue weighted by Gasteiger charge is -2.38. The van der Waals surface area contributed by atoms with E-state index in [1.54, 1.807) is 13.1 Å². The van der Waals surface area contributed by atoms with E-state index in [0.717, 1.165) is 6.07 Å². The Balaban J connectivity index is 0.00000148. The molecule has 0 bridgehead atoms. The number of methoxy groups -OCH3 is 1. The van der Waals surface area contributed by atoms with Crippen molar-refractivity contribution >= 4 is 29.2 Å². The molecule has 1 fully saturated rings. The highest BCUT2D eigenvalue weighted by atomic mass is 32.1. The highest BCUT2D eigenvalue weighted by molar-refractivity contribution is 7.11. The van der Waals surface area contributed by atoms with E-state index < -0.39 is 29.2 Å². The third kappa shape index (κ3) is 4.15. The van der Waals surface area contributed by atoms with Gasteiger partial charge in [0.15, 0.2) is 22.5 Å². The zero-order valence-electron chi connectivity index (χ0n) is 20.6. The summed E-state index contributed by atoms with van der Waals surface area (Å²) in [6.07, 6.45) is 1.87. The van der Waals surface area contributed by atoms with Gasteiger partial charge in [0.25, 0.3) is 0 Å². The van der Waals surface area contributed by atoms with Crippen molar-refractivity contribution in [2.75, 3.05) is 20.3 Å². The molecule has 1 saturated heterocycles. The van der Waals surface area contributed by atoms with E-state index in [1.807, 2.05) is 24.1 Å². The van der Waals surface area contributed by atoms with Crippen LogP contribution in [0.2, 0.25) is 0 Å². The summed E-state index contributed by atoms with van der Waals surface area (Å²) in [5.74, 6) is -1.91. The first-order valence-corrected chi connectivity index (χ1v) is 12.8. The zero-order valence-corrected chi connectivity index (χ0v) is 21.4. The Morgan fingerprint density at radius 2 is 2.08 bits per heavy atom. The molecule has 2 aromatic rings. The monoisotopic (exact) mass is 518 g/mol. The number of carbonyl (C=O) groups is 2. The summed E-state index contributed by atoms with van der Waals surface area (Å²) in [5, 5.41) is 5.22. The van der Waals surface area contributed by atoms with E-state index in [-0.39, 0.29) is 36.6 Å². The van der Waals surface area contributed by atoms with Gasteiger partial charge in [-0.15, -0.1) is 11.3 Å². The Bertz CT molecular complexity index is 1230. The van der Waals surface area contributed by atoms with Crippen LogP contribution in [0.3, 0.4) is 0 Å². The van der Waals surface area contributed by atoms with Crippen molar-refractivity contribution in [2.45, 2.75) is 51.6 Å². The number of aliphatic imine (C=N–C) groups is 1. The highest BCUT2D eigenvalue weighted by Gasteiger charge is 2.54. The first-order chi connectivity index (χ1) is 17.4. The lowest BCUT2D eigenvalue weighted by molar-refractivity contribution is -0.139. The summed E-state index contributed by atoms with van der Waals surface area (Å²) in [5.41, 5.74) is 0.315. The Hall–Kier alpha value is -3.34. The number of fused-ring (bicyclic) bond motifs is 3. The smallest absolute Gasteiger partial charge is 0.407 e. The fourth-order valence-corrected chi connectivity index (χ4v) is 5.71. The predicted octanol–water partition coefficient (Wildman–Crippen LogP) is 4.30. The number of nitrogens with zero attached hydrogens (tertiary/aromatic N) is 3. The van der Waals surface area contributed by atoms with Crippen molar-refractivity contribution in [2.24, 2.45) is 4.99 Å². The fourth-order valence-electron chi connectivity index (χ4n) is 5.08. The fraction of sp³-hybridized carbons (Fsp3) is 0.440. The van der Waals surface area contributed by atoms with Crippen LogP contribution in [-0.4, -0.2) is 54.1 Å². The van der Waals surface area contributed by atoms with Crippen LogP contribution in [0, 0.1) is 11.6 Å². The average molecular weight is 519 g/mol. The lowest BCUT2D eigenvalue weighted by atomic mass is 9.81. The maximum absolute atomic E-state index is 14.8. The topological polar surface area (TPSA) is 93.1 Å². The van der Waals surface area contributed by atoms with Gasteiger partial charge in [0.05, 0.1) is 25.3 Å². The summed E-state index contributed by atoms with van der Waals surface area (Å²) >= 11 is 1.38. The number of hydrogen-bond acceptors (Lipinski definition) is 8. The molecule has 2 unspecified atom stereocenters. The standard InChI is InChI=1S/C23H22F2N4O4S.C2H6/c1-3-33-21(30)17-16-10-12(27-22(31)32-2)11-29(16)19(20-26-8-9-34-20)28-23(17)7-6-13-14(23)4-5-15(24)18(13)25;1-2/h4-5,8-9,12H,3,6-7,10-11H2,1-2H3,(H,27,31);1-2H3. The largest absolute Gasteiger partial charge is 0.463 e. The van der Waals surface area contributed by atoms with Crippen LogP contribution in [0.1, 0.15) is 49.7 Å². The molecule has 192 valence electrons. The normalized spacial score (nSPS) is 21.9. The number of esters is 1. The van der Waals surface area contributed by atoms with Crippen LogP contribution in [0.4, 0.5) is 13.6 Å². The Morgan fingerprint density at radius 3 is 2.75 bits per heavy atom. The average Bonchev–Trinajstić information content (AvgIpc) is 3.62. The van der Waals surface area contributed by atoms with Gasteiger partial charge in [0, 0.05) is 30.2 Å². The number of alkyl carbamates (subject to hydrolysis) is 1. The molecular weight excluding hydrogens is 490 g/mol. The summed E-state index contributed by atoms with van der Waals surface area (Å²) < 4.78 is 39.0. The number of hydrogen-bond donors (Lipinski definition) is 1. The van der Waals surface area contributed by atoms with Gasteiger partial charge in [0.1, 0.15) is 5.54 Å². The molecule has 1 spiro atoms. The molecule has 2 aliphatic heterocycles. The molecule has 1 aromatic carbocycles. The van der Waals surface area contributed by atoms with Crippen LogP contribution in [0.15, 0.2) is 40.0 Å². The molecule has 3 aliphatic rings. The summed E-state index contributed by atoms with van der Waals surface area (Å²) in [7, 11) is 1.28. The second-order valence-electron chi connectivity index (χ2n) is 8.21. The van der Waals surface area contributed by atoms with Crippen LogP contribution in [0.25, 0.3) is 0 Å². The molecule has 1 N–H and O–H groups in total. The van der Waals surface area contributed by atoms with E-state index in [1.165, 1.54) is 24.5 Å². The van der Waals surface area contributed by atoms with Crippen LogP contribution >= 0.6 is 11.3 Å². The summed E-state index contributed by atoms with van der Waals surface area (Å²) in [4.78, 5) is 36.6. The lowest BCUT2D eigenvalue weighted by Crippen LogP contribution is -2.43. The van der Waals surface area contributed by atoms with Crippen molar-refractivity contribution in [1.29, 1.82) is 0 Å². The van der Waals surface area contributed by atoms with Crippen LogP contribution < -0.4 is 5.32 Å². The van der Waals surface area contributed by atoms with Crippen LogP contribution in [-0.2, 0) is 26.2 Å². The highest BCUT2D eigenvalue weighted by Crippen LogP contribution is 2.52. The molecule has 5 rings (SSSR count). The molecular formula is C25H28F2N4O4S. The molecule has 2 atom stereocenters. The SMILES string of the molecule is CC.CCOC(=O)C1=C2CC(NC(=O)OC)CN2C(c2nccs2)=NC12CCc1c2ccc(F)c1F. The van der Waals surface area contributed by atoms with E-state index in [4.69, 9.17) is 14.5 Å². The number of rotatable bonds is 4. The first-order valence-electron chi connectivity index (χ1n) is 11.9. The third-order valence-corrected chi connectivity index (χ3v) is 7.18. The molecule has 1 aliphatic carbocycles. The van der Waals surface area contributed by atoms with Gasteiger partial charge in [-0.2, -0.15) is 0 Å². The van der Waals surface area contributed by atoms with Crippen LogP contribution in [0.5, 0.6) is 0 Å². The molecule has 36 heavy (non-hydrogen) atoms. The number of benzene rings is 1. The van der Waals surface area contributed by atoms with E-state index in [2.05, 4.69) is 10.3 Å². The van der Waals surface area contributed by atoms with Gasteiger partial charge in [-0.1, -0.05) is 19.9 Å². The predicted molar refractivity (Wildman–Crippen MR) is 131 cm³/mol. The Labute approximate surface area is 212 Å². The summed E-state index contributed by atoms with van der Waals surface area (Å²) in [6.45, 7) is 6.18. The van der Waals surface area contributed by atoms with Crippen molar-refractivity contribution in [1.82, 2.24) is 15.2 Å². The van der Waals surface area contributed by atoms with Gasteiger partial charge in [-0.3, -0.25) is 0 Å². The molecule has 1 aromatic heterocycles. The second-order valence-corrected chi connectivity index (χ2v) is 9.10. The van der Waals surface area contributed by atoms with Gasteiger partial charge < -0.3 is 19.7 Å². The molecule has 0 saturated carbocycles.